The van der Waals surface area contributed by atoms with Crippen LogP contribution in [0.2, 0.25) is 0 Å². The lowest BCUT2D eigenvalue weighted by Crippen LogP contribution is -2.43. The van der Waals surface area contributed by atoms with Gasteiger partial charge in [0.05, 0.1) is 34.0 Å². The number of aliphatic carboxylic acids is 1. The molecule has 0 aliphatic heterocycles. The third-order valence-electron chi connectivity index (χ3n) is 3.61. The van der Waals surface area contributed by atoms with Crippen LogP contribution >= 0.6 is 0 Å². The fraction of sp³-hybridized carbons (Fsp3) is 0.474. The molecular formula is C19H27N2O6+. The van der Waals surface area contributed by atoms with Gasteiger partial charge in [0.2, 0.25) is 5.91 Å². The number of carbonyl (C=O) groups is 4. The van der Waals surface area contributed by atoms with Crippen LogP contribution in [-0.2, 0) is 25.7 Å². The molecule has 0 aliphatic carbocycles. The highest BCUT2D eigenvalue weighted by atomic mass is 16.5. The van der Waals surface area contributed by atoms with E-state index in [9.17, 15) is 19.2 Å². The molecule has 1 aromatic rings. The van der Waals surface area contributed by atoms with Crippen LogP contribution in [0.1, 0.15) is 35.2 Å². The molecule has 1 unspecified atom stereocenters. The second-order valence-corrected chi connectivity index (χ2v) is 7.32. The van der Waals surface area contributed by atoms with Crippen LogP contribution in [-0.4, -0.2) is 67.5 Å². The quantitative estimate of drug-likeness (QED) is 0.337. The lowest BCUT2D eigenvalue weighted by Gasteiger charge is -2.28. The first kappa shape index (κ1) is 22.3. The van der Waals surface area contributed by atoms with Crippen LogP contribution in [0.5, 0.6) is 0 Å². The predicted octanol–water partition coefficient (Wildman–Crippen LogP) is 0.988. The van der Waals surface area contributed by atoms with Gasteiger partial charge in [-0.2, -0.15) is 0 Å². The summed E-state index contributed by atoms with van der Waals surface area (Å²) in [5.74, 6) is -1.95. The molecule has 1 amide bonds. The maximum absolute atomic E-state index is 11.9. The Bertz CT molecular complexity index is 664. The van der Waals surface area contributed by atoms with Gasteiger partial charge < -0.3 is 19.6 Å². The number of esters is 1. The van der Waals surface area contributed by atoms with Gasteiger partial charge in [0.15, 0.2) is 6.10 Å². The lowest BCUT2D eigenvalue weighted by atomic mass is 10.1. The molecule has 0 radical (unpaired) electrons. The van der Waals surface area contributed by atoms with E-state index < -0.39 is 18.0 Å². The lowest BCUT2D eigenvalue weighted by molar-refractivity contribution is -0.873. The third kappa shape index (κ3) is 10.1. The minimum Gasteiger partial charge on any atom is -0.481 e. The van der Waals surface area contributed by atoms with Gasteiger partial charge in [-0.15, -0.1) is 0 Å². The molecule has 1 aromatic carbocycles. The number of benzene rings is 1. The van der Waals surface area contributed by atoms with Crippen molar-refractivity contribution in [2.24, 2.45) is 0 Å². The summed E-state index contributed by atoms with van der Waals surface area (Å²) in [7, 11) is 5.62. The standard InChI is InChI=1S/C19H26N2O6/c1-21(2,3)12-16(10-18(24)25)27-19(26)9-8-17(23)20-11-14-4-6-15(13-22)7-5-14/h4-7,13,16H,8-12H2,1-3H3,(H-,20,23,24,25)/p+1. The van der Waals surface area contributed by atoms with Crippen LogP contribution in [0, 0.1) is 0 Å². The average molecular weight is 379 g/mol. The number of amides is 1. The zero-order valence-corrected chi connectivity index (χ0v) is 15.9. The fourth-order valence-electron chi connectivity index (χ4n) is 2.41. The second-order valence-electron chi connectivity index (χ2n) is 7.32. The van der Waals surface area contributed by atoms with E-state index in [0.29, 0.717) is 16.6 Å². The molecule has 148 valence electrons. The van der Waals surface area contributed by atoms with Crippen LogP contribution in [0.25, 0.3) is 0 Å². The highest BCUT2D eigenvalue weighted by Crippen LogP contribution is 2.08. The number of quaternary nitrogens is 1. The second kappa shape index (κ2) is 10.4. The van der Waals surface area contributed by atoms with E-state index >= 15 is 0 Å². The first-order valence-electron chi connectivity index (χ1n) is 8.61. The van der Waals surface area contributed by atoms with E-state index in [1.165, 1.54) is 0 Å². The highest BCUT2D eigenvalue weighted by molar-refractivity contribution is 5.81. The normalized spacial score (nSPS) is 12.1. The number of carboxylic acid groups (broad SMARTS) is 1. The van der Waals surface area contributed by atoms with Crippen molar-refractivity contribution in [2.45, 2.75) is 31.9 Å². The number of rotatable bonds is 11. The Kier molecular flexibility index (Phi) is 8.61. The maximum Gasteiger partial charge on any atom is 0.307 e. The molecule has 0 aliphatic rings. The van der Waals surface area contributed by atoms with Gasteiger partial charge in [-0.05, 0) is 5.56 Å². The van der Waals surface area contributed by atoms with Gasteiger partial charge >= 0.3 is 11.9 Å². The fourth-order valence-corrected chi connectivity index (χ4v) is 2.41. The summed E-state index contributed by atoms with van der Waals surface area (Å²) in [6, 6.07) is 6.78. The summed E-state index contributed by atoms with van der Waals surface area (Å²) < 4.78 is 5.68. The summed E-state index contributed by atoms with van der Waals surface area (Å²) in [4.78, 5) is 45.3. The van der Waals surface area contributed by atoms with E-state index in [-0.39, 0.29) is 31.7 Å². The number of carboxylic acids is 1. The topological polar surface area (TPSA) is 110 Å². The summed E-state index contributed by atoms with van der Waals surface area (Å²) in [6.45, 7) is 0.650. The molecule has 0 aromatic heterocycles. The van der Waals surface area contributed by atoms with Gasteiger partial charge in [-0.3, -0.25) is 19.2 Å². The zero-order chi connectivity index (χ0) is 20.4. The zero-order valence-electron chi connectivity index (χ0n) is 15.9. The molecule has 0 spiro atoms. The monoisotopic (exact) mass is 379 g/mol. The van der Waals surface area contributed by atoms with Gasteiger partial charge in [-0.1, -0.05) is 24.3 Å². The van der Waals surface area contributed by atoms with Crippen LogP contribution in [0.15, 0.2) is 24.3 Å². The van der Waals surface area contributed by atoms with Crippen molar-refractivity contribution in [3.63, 3.8) is 0 Å². The van der Waals surface area contributed by atoms with E-state index in [1.807, 2.05) is 21.1 Å². The summed E-state index contributed by atoms with van der Waals surface area (Å²) in [5, 5.41) is 11.6. The van der Waals surface area contributed by atoms with Crippen molar-refractivity contribution < 1.29 is 33.5 Å². The van der Waals surface area contributed by atoms with E-state index in [0.717, 1.165) is 11.8 Å². The largest absolute Gasteiger partial charge is 0.481 e. The van der Waals surface area contributed by atoms with Crippen molar-refractivity contribution in [2.75, 3.05) is 27.7 Å². The Hall–Kier alpha value is -2.74. The molecule has 27 heavy (non-hydrogen) atoms. The van der Waals surface area contributed by atoms with Gasteiger partial charge in [-0.25, -0.2) is 0 Å². The number of ether oxygens (including phenoxy) is 1. The number of hydrogen-bond donors (Lipinski definition) is 2. The maximum atomic E-state index is 11.9. The molecule has 0 bridgehead atoms. The summed E-state index contributed by atoms with van der Waals surface area (Å²) >= 11 is 0. The molecule has 0 saturated heterocycles. The molecule has 1 atom stereocenters. The molecule has 0 fully saturated rings. The first-order chi connectivity index (χ1) is 12.6. The average Bonchev–Trinajstić information content (AvgIpc) is 2.56. The Morgan fingerprint density at radius 3 is 2.30 bits per heavy atom. The minimum absolute atomic E-state index is 0.0462. The van der Waals surface area contributed by atoms with Crippen molar-refractivity contribution in [1.82, 2.24) is 5.32 Å². The smallest absolute Gasteiger partial charge is 0.307 e. The molecule has 8 heteroatoms. The first-order valence-corrected chi connectivity index (χ1v) is 8.61. The summed E-state index contributed by atoms with van der Waals surface area (Å²) in [5.41, 5.74) is 1.39. The van der Waals surface area contributed by atoms with E-state index in [1.54, 1.807) is 24.3 Å². The summed E-state index contributed by atoms with van der Waals surface area (Å²) in [6.07, 6.45) is -0.443. The Morgan fingerprint density at radius 1 is 1.15 bits per heavy atom. The number of aldehydes is 1. The predicted molar refractivity (Wildman–Crippen MR) is 97.9 cm³/mol. The van der Waals surface area contributed by atoms with Gasteiger partial charge in [0.25, 0.3) is 0 Å². The van der Waals surface area contributed by atoms with Crippen molar-refractivity contribution >= 4 is 24.1 Å². The van der Waals surface area contributed by atoms with Crippen molar-refractivity contribution in [3.8, 4) is 0 Å². The van der Waals surface area contributed by atoms with E-state index in [4.69, 9.17) is 9.84 Å². The van der Waals surface area contributed by atoms with Crippen molar-refractivity contribution in [3.05, 3.63) is 35.4 Å². The third-order valence-corrected chi connectivity index (χ3v) is 3.61. The Balaban J connectivity index is 2.40. The van der Waals surface area contributed by atoms with E-state index in [2.05, 4.69) is 5.32 Å². The molecule has 0 heterocycles. The number of carbonyl (C=O) groups excluding carboxylic acids is 3. The molecule has 2 N–H and O–H groups in total. The minimum atomic E-state index is -1.04. The highest BCUT2D eigenvalue weighted by Gasteiger charge is 2.24. The van der Waals surface area contributed by atoms with Crippen LogP contribution in [0.3, 0.4) is 0 Å². The number of nitrogens with zero attached hydrogens (tertiary/aromatic N) is 1. The Labute approximate surface area is 158 Å². The molecule has 8 nitrogen and oxygen atoms in total. The Morgan fingerprint density at radius 2 is 1.78 bits per heavy atom. The molecule has 0 saturated carbocycles. The molecule has 1 rings (SSSR count). The molecular weight excluding hydrogens is 352 g/mol. The number of hydrogen-bond acceptors (Lipinski definition) is 5. The van der Waals surface area contributed by atoms with Crippen LogP contribution < -0.4 is 5.32 Å². The number of likely N-dealkylation sites (N-methyl/N-ethyl adjacent to an activating group) is 1. The number of nitrogens with one attached hydrogen (secondary N) is 1. The van der Waals surface area contributed by atoms with Crippen LogP contribution in [0.4, 0.5) is 0 Å². The van der Waals surface area contributed by atoms with Gasteiger partial charge in [0, 0.05) is 18.5 Å². The van der Waals surface area contributed by atoms with Crippen molar-refractivity contribution in [1.29, 1.82) is 0 Å². The SMILES string of the molecule is C[N+](C)(C)CC(CC(=O)O)OC(=O)CCC(=O)NCc1ccc(C=O)cc1. The van der Waals surface area contributed by atoms with Gasteiger partial charge in [0.1, 0.15) is 12.8 Å².